The molecule has 2 rings (SSSR count). The second kappa shape index (κ2) is 5.91. The van der Waals surface area contributed by atoms with E-state index >= 15 is 0 Å². The fourth-order valence-corrected chi connectivity index (χ4v) is 2.58. The Bertz CT molecular complexity index is 462. The van der Waals surface area contributed by atoms with Gasteiger partial charge in [0.1, 0.15) is 5.82 Å². The Morgan fingerprint density at radius 3 is 2.95 bits per heavy atom. The van der Waals surface area contributed by atoms with E-state index in [0.29, 0.717) is 17.4 Å². The summed E-state index contributed by atoms with van der Waals surface area (Å²) in [7, 11) is 1.34. The molecule has 0 saturated heterocycles. The summed E-state index contributed by atoms with van der Waals surface area (Å²) in [5, 5.41) is 3.25. The average molecular weight is 263 g/mol. The van der Waals surface area contributed by atoms with Crippen LogP contribution in [0.25, 0.3) is 0 Å². The number of nitrogens with one attached hydrogen (secondary N) is 1. The van der Waals surface area contributed by atoms with Gasteiger partial charge in [-0.1, -0.05) is 13.3 Å². The Kier molecular flexibility index (Phi) is 4.24. The summed E-state index contributed by atoms with van der Waals surface area (Å²) in [6.45, 7) is 3.14. The Labute approximate surface area is 113 Å². The van der Waals surface area contributed by atoms with E-state index in [-0.39, 0.29) is 5.69 Å². The Morgan fingerprint density at radius 1 is 1.53 bits per heavy atom. The molecule has 2 unspecified atom stereocenters. The summed E-state index contributed by atoms with van der Waals surface area (Å²) in [6.07, 6.45) is 3.77. The molecule has 0 amide bonds. The van der Waals surface area contributed by atoms with Gasteiger partial charge in [-0.2, -0.15) is 0 Å². The van der Waals surface area contributed by atoms with E-state index < -0.39 is 5.97 Å². The summed E-state index contributed by atoms with van der Waals surface area (Å²) >= 11 is 0. The van der Waals surface area contributed by atoms with Crippen molar-refractivity contribution >= 4 is 17.5 Å². The molecule has 1 aliphatic rings. The average Bonchev–Trinajstić information content (AvgIpc) is 2.82. The van der Waals surface area contributed by atoms with Crippen molar-refractivity contribution in [1.82, 2.24) is 4.98 Å². The summed E-state index contributed by atoms with van der Waals surface area (Å²) < 4.78 is 4.65. The molecule has 0 aliphatic heterocycles. The number of nitrogens with two attached hydrogens (primary N) is 1. The lowest BCUT2D eigenvalue weighted by atomic mass is 10.1. The smallest absolute Gasteiger partial charge is 0.356 e. The number of methoxy groups -OCH3 is 1. The monoisotopic (exact) mass is 263 g/mol. The van der Waals surface area contributed by atoms with Crippen molar-refractivity contribution in [2.75, 3.05) is 24.7 Å². The van der Waals surface area contributed by atoms with Crippen LogP contribution in [0.5, 0.6) is 0 Å². The number of ether oxygens (including phenoxy) is 1. The second-order valence-electron chi connectivity index (χ2n) is 5.29. The van der Waals surface area contributed by atoms with Gasteiger partial charge in [-0.05, 0) is 36.8 Å². The van der Waals surface area contributed by atoms with Crippen molar-refractivity contribution in [3.63, 3.8) is 0 Å². The SMILES string of the molecule is COC(=O)c1ccc(N)c(NCC2CCC(C)C2)n1. The van der Waals surface area contributed by atoms with E-state index in [2.05, 4.69) is 22.0 Å². The molecule has 5 nitrogen and oxygen atoms in total. The summed E-state index contributed by atoms with van der Waals surface area (Å²) in [6, 6.07) is 3.25. The van der Waals surface area contributed by atoms with Crippen molar-refractivity contribution in [3.8, 4) is 0 Å². The zero-order chi connectivity index (χ0) is 13.8. The number of hydrogen-bond donors (Lipinski definition) is 2. The van der Waals surface area contributed by atoms with Crippen LogP contribution in [-0.2, 0) is 4.74 Å². The predicted molar refractivity (Wildman–Crippen MR) is 75.0 cm³/mol. The van der Waals surface area contributed by atoms with Gasteiger partial charge in [-0.15, -0.1) is 0 Å². The lowest BCUT2D eigenvalue weighted by Gasteiger charge is -2.13. The molecule has 1 heterocycles. The molecule has 1 aliphatic carbocycles. The maximum Gasteiger partial charge on any atom is 0.356 e. The molecule has 0 bridgehead atoms. The number of nitrogen functional groups attached to an aromatic ring is 1. The normalized spacial score (nSPS) is 22.2. The van der Waals surface area contributed by atoms with Crippen molar-refractivity contribution in [2.24, 2.45) is 11.8 Å². The minimum Gasteiger partial charge on any atom is -0.464 e. The molecule has 104 valence electrons. The van der Waals surface area contributed by atoms with Gasteiger partial charge in [0.05, 0.1) is 12.8 Å². The number of pyridine rings is 1. The number of aromatic nitrogens is 1. The van der Waals surface area contributed by atoms with Crippen molar-refractivity contribution < 1.29 is 9.53 Å². The minimum absolute atomic E-state index is 0.277. The Morgan fingerprint density at radius 2 is 2.32 bits per heavy atom. The van der Waals surface area contributed by atoms with E-state index in [1.54, 1.807) is 12.1 Å². The first-order valence-corrected chi connectivity index (χ1v) is 6.69. The highest BCUT2D eigenvalue weighted by atomic mass is 16.5. The molecule has 3 N–H and O–H groups in total. The van der Waals surface area contributed by atoms with Crippen LogP contribution in [0.4, 0.5) is 11.5 Å². The van der Waals surface area contributed by atoms with E-state index in [1.165, 1.54) is 26.4 Å². The minimum atomic E-state index is -0.447. The van der Waals surface area contributed by atoms with Crippen LogP contribution in [-0.4, -0.2) is 24.6 Å². The molecule has 1 saturated carbocycles. The van der Waals surface area contributed by atoms with Crippen LogP contribution >= 0.6 is 0 Å². The zero-order valence-corrected chi connectivity index (χ0v) is 11.5. The van der Waals surface area contributed by atoms with Crippen molar-refractivity contribution in [2.45, 2.75) is 26.2 Å². The third-order valence-corrected chi connectivity index (χ3v) is 3.68. The number of hydrogen-bond acceptors (Lipinski definition) is 5. The topological polar surface area (TPSA) is 77.2 Å². The molecule has 1 aromatic rings. The summed E-state index contributed by atoms with van der Waals surface area (Å²) in [5.41, 5.74) is 6.70. The number of anilines is 2. The molecule has 0 aromatic carbocycles. The van der Waals surface area contributed by atoms with Crippen LogP contribution in [0, 0.1) is 11.8 Å². The molecule has 0 radical (unpaired) electrons. The lowest BCUT2D eigenvalue weighted by Crippen LogP contribution is -2.15. The number of rotatable bonds is 4. The second-order valence-corrected chi connectivity index (χ2v) is 5.29. The van der Waals surface area contributed by atoms with E-state index in [4.69, 9.17) is 5.73 Å². The molecule has 0 spiro atoms. The van der Waals surface area contributed by atoms with Crippen LogP contribution < -0.4 is 11.1 Å². The Balaban J connectivity index is 2.00. The first-order chi connectivity index (χ1) is 9.10. The van der Waals surface area contributed by atoms with Gasteiger partial charge in [0.2, 0.25) is 0 Å². The van der Waals surface area contributed by atoms with Gasteiger partial charge in [-0.25, -0.2) is 9.78 Å². The standard InChI is InChI=1S/C14H21N3O2/c1-9-3-4-10(7-9)8-16-13-11(15)5-6-12(17-13)14(18)19-2/h5-6,9-10H,3-4,7-8,15H2,1-2H3,(H,16,17). The highest BCUT2D eigenvalue weighted by molar-refractivity contribution is 5.88. The third-order valence-electron chi connectivity index (χ3n) is 3.68. The fraction of sp³-hybridized carbons (Fsp3) is 0.571. The van der Waals surface area contributed by atoms with Gasteiger partial charge in [0, 0.05) is 6.54 Å². The van der Waals surface area contributed by atoms with Crippen LogP contribution in [0.1, 0.15) is 36.7 Å². The van der Waals surface area contributed by atoms with Gasteiger partial charge < -0.3 is 15.8 Å². The predicted octanol–water partition coefficient (Wildman–Crippen LogP) is 2.30. The van der Waals surface area contributed by atoms with Crippen LogP contribution in [0.15, 0.2) is 12.1 Å². The molecular formula is C14H21N3O2. The quantitative estimate of drug-likeness (QED) is 0.815. The fourth-order valence-electron chi connectivity index (χ4n) is 2.58. The van der Waals surface area contributed by atoms with Gasteiger partial charge in [-0.3, -0.25) is 0 Å². The molecule has 1 aromatic heterocycles. The number of carbonyl (C=O) groups is 1. The summed E-state index contributed by atoms with van der Waals surface area (Å²) in [5.74, 6) is 1.59. The summed E-state index contributed by atoms with van der Waals surface area (Å²) in [4.78, 5) is 15.6. The molecule has 19 heavy (non-hydrogen) atoms. The van der Waals surface area contributed by atoms with E-state index in [9.17, 15) is 4.79 Å². The first-order valence-electron chi connectivity index (χ1n) is 6.69. The van der Waals surface area contributed by atoms with Crippen LogP contribution in [0.3, 0.4) is 0 Å². The zero-order valence-electron chi connectivity index (χ0n) is 11.5. The maximum atomic E-state index is 11.4. The van der Waals surface area contributed by atoms with Gasteiger partial charge in [0.25, 0.3) is 0 Å². The Hall–Kier alpha value is -1.78. The number of carbonyl (C=O) groups excluding carboxylic acids is 1. The molecule has 1 fully saturated rings. The highest BCUT2D eigenvalue weighted by Gasteiger charge is 2.21. The maximum absolute atomic E-state index is 11.4. The lowest BCUT2D eigenvalue weighted by molar-refractivity contribution is 0.0594. The van der Waals surface area contributed by atoms with Crippen molar-refractivity contribution in [1.29, 1.82) is 0 Å². The molecule has 2 atom stereocenters. The van der Waals surface area contributed by atoms with E-state index in [1.807, 2.05) is 0 Å². The largest absolute Gasteiger partial charge is 0.464 e. The highest BCUT2D eigenvalue weighted by Crippen LogP contribution is 2.30. The van der Waals surface area contributed by atoms with Crippen molar-refractivity contribution in [3.05, 3.63) is 17.8 Å². The third kappa shape index (κ3) is 3.36. The van der Waals surface area contributed by atoms with E-state index in [0.717, 1.165) is 12.5 Å². The first kappa shape index (κ1) is 13.6. The van der Waals surface area contributed by atoms with Gasteiger partial charge in [0.15, 0.2) is 5.69 Å². The number of nitrogens with zero attached hydrogens (tertiary/aromatic N) is 1. The molecule has 5 heteroatoms. The molecular weight excluding hydrogens is 242 g/mol. The number of esters is 1. The van der Waals surface area contributed by atoms with Crippen LogP contribution in [0.2, 0.25) is 0 Å². The van der Waals surface area contributed by atoms with Gasteiger partial charge >= 0.3 is 5.97 Å².